The van der Waals surface area contributed by atoms with E-state index < -0.39 is 10.8 Å². The van der Waals surface area contributed by atoms with E-state index in [9.17, 15) is 20.0 Å². The average molecular weight is 259 g/mol. The minimum Gasteiger partial charge on any atom is -0.506 e. The number of nitro benzene ring substituents is 1. The maximum atomic E-state index is 11.8. The molecule has 0 spiro atoms. The summed E-state index contributed by atoms with van der Waals surface area (Å²) in [6, 6.07) is 6.48. The number of hydrogen-bond acceptors (Lipinski definition) is 5. The Morgan fingerprint density at radius 3 is 2.53 bits per heavy atom. The number of carbonyl (C=O) groups excluding carboxylic acids is 1. The van der Waals surface area contributed by atoms with Crippen LogP contribution in [0, 0.1) is 10.1 Å². The highest BCUT2D eigenvalue weighted by molar-refractivity contribution is 6.04. The molecule has 2 N–H and O–H groups in total. The molecular formula is C12H9N3O4. The Morgan fingerprint density at radius 2 is 1.95 bits per heavy atom. The van der Waals surface area contributed by atoms with Gasteiger partial charge in [0.2, 0.25) is 0 Å². The lowest BCUT2D eigenvalue weighted by atomic mass is 10.2. The van der Waals surface area contributed by atoms with E-state index in [1.54, 1.807) is 0 Å². The van der Waals surface area contributed by atoms with Crippen molar-refractivity contribution in [2.75, 3.05) is 5.32 Å². The molecule has 96 valence electrons. The number of pyridine rings is 1. The molecule has 0 bridgehead atoms. The number of hydrogen-bond donors (Lipinski definition) is 2. The first-order chi connectivity index (χ1) is 9.08. The van der Waals surface area contributed by atoms with Crippen molar-refractivity contribution in [2.24, 2.45) is 0 Å². The van der Waals surface area contributed by atoms with E-state index in [0.29, 0.717) is 0 Å². The fourth-order valence-electron chi connectivity index (χ4n) is 1.41. The van der Waals surface area contributed by atoms with Gasteiger partial charge in [-0.15, -0.1) is 0 Å². The van der Waals surface area contributed by atoms with Crippen LogP contribution in [0.3, 0.4) is 0 Å². The van der Waals surface area contributed by atoms with Gasteiger partial charge in [0.05, 0.1) is 11.1 Å². The summed E-state index contributed by atoms with van der Waals surface area (Å²) in [6.07, 6.45) is 2.69. The quantitative estimate of drug-likeness (QED) is 0.647. The number of amides is 1. The number of aromatic hydroxyl groups is 1. The Kier molecular flexibility index (Phi) is 3.37. The second-order valence-electron chi connectivity index (χ2n) is 3.65. The largest absolute Gasteiger partial charge is 0.506 e. The number of rotatable bonds is 3. The van der Waals surface area contributed by atoms with Gasteiger partial charge in [-0.25, -0.2) is 0 Å². The average Bonchev–Trinajstić information content (AvgIpc) is 2.41. The predicted molar refractivity (Wildman–Crippen MR) is 67.0 cm³/mol. The number of benzene rings is 1. The van der Waals surface area contributed by atoms with Crippen LogP contribution in [0.15, 0.2) is 42.7 Å². The molecule has 2 aromatic rings. The lowest BCUT2D eigenvalue weighted by molar-refractivity contribution is -0.384. The van der Waals surface area contributed by atoms with E-state index in [4.69, 9.17) is 0 Å². The van der Waals surface area contributed by atoms with Crippen LogP contribution in [-0.4, -0.2) is 20.9 Å². The number of nitro groups is 1. The van der Waals surface area contributed by atoms with Crippen molar-refractivity contribution in [1.29, 1.82) is 0 Å². The second-order valence-corrected chi connectivity index (χ2v) is 3.65. The zero-order chi connectivity index (χ0) is 13.8. The van der Waals surface area contributed by atoms with Crippen LogP contribution < -0.4 is 5.32 Å². The van der Waals surface area contributed by atoms with Crippen LogP contribution in [0.5, 0.6) is 5.75 Å². The summed E-state index contributed by atoms with van der Waals surface area (Å²) < 4.78 is 0. The summed E-state index contributed by atoms with van der Waals surface area (Å²) in [7, 11) is 0. The molecule has 0 atom stereocenters. The molecular weight excluding hydrogens is 250 g/mol. The zero-order valence-corrected chi connectivity index (χ0v) is 9.61. The standard InChI is InChI=1S/C12H9N3O4/c16-11-5-6-13-7-10(11)14-12(17)8-1-3-9(4-2-8)15(18)19/h1-7H,(H,13,16)(H,14,17). The van der Waals surface area contributed by atoms with Crippen LogP contribution in [0.25, 0.3) is 0 Å². The summed E-state index contributed by atoms with van der Waals surface area (Å²) in [4.78, 5) is 25.5. The van der Waals surface area contributed by atoms with Gasteiger partial charge in [-0.1, -0.05) is 0 Å². The van der Waals surface area contributed by atoms with Crippen molar-refractivity contribution < 1.29 is 14.8 Å². The number of carbonyl (C=O) groups is 1. The third-order valence-electron chi connectivity index (χ3n) is 2.39. The lowest BCUT2D eigenvalue weighted by Crippen LogP contribution is -2.12. The summed E-state index contributed by atoms with van der Waals surface area (Å²) in [5.74, 6) is -0.594. The smallest absolute Gasteiger partial charge is 0.269 e. The lowest BCUT2D eigenvalue weighted by Gasteiger charge is -2.06. The molecule has 1 amide bonds. The molecule has 7 nitrogen and oxygen atoms in total. The SMILES string of the molecule is O=C(Nc1cnccc1O)c1ccc([N+](=O)[O-])cc1. The van der Waals surface area contributed by atoms with Crippen LogP contribution in [0.2, 0.25) is 0 Å². The van der Waals surface area contributed by atoms with Crippen LogP contribution >= 0.6 is 0 Å². The van der Waals surface area contributed by atoms with Gasteiger partial charge in [0, 0.05) is 30.0 Å². The van der Waals surface area contributed by atoms with E-state index in [1.807, 2.05) is 0 Å². The Balaban J connectivity index is 2.16. The minimum atomic E-state index is -0.547. The zero-order valence-electron chi connectivity index (χ0n) is 9.61. The molecule has 0 aliphatic rings. The number of nitrogens with zero attached hydrogens (tertiary/aromatic N) is 2. The molecule has 1 aromatic heterocycles. The summed E-state index contributed by atoms with van der Waals surface area (Å²) in [5, 5.41) is 22.4. The number of nitrogens with one attached hydrogen (secondary N) is 1. The Morgan fingerprint density at radius 1 is 1.26 bits per heavy atom. The fraction of sp³-hybridized carbons (Fsp3) is 0. The molecule has 19 heavy (non-hydrogen) atoms. The summed E-state index contributed by atoms with van der Waals surface area (Å²) in [5.41, 5.74) is 0.320. The van der Waals surface area contributed by atoms with E-state index in [0.717, 1.165) is 0 Å². The first-order valence-corrected chi connectivity index (χ1v) is 5.26. The van der Waals surface area contributed by atoms with E-state index in [2.05, 4.69) is 10.3 Å². The number of aromatic nitrogens is 1. The molecule has 0 saturated heterocycles. The molecule has 0 radical (unpaired) electrons. The highest BCUT2D eigenvalue weighted by atomic mass is 16.6. The minimum absolute atomic E-state index is 0.0965. The molecule has 0 unspecified atom stereocenters. The van der Waals surface area contributed by atoms with E-state index in [-0.39, 0.29) is 22.7 Å². The Labute approximate surface area is 107 Å². The van der Waals surface area contributed by atoms with Gasteiger partial charge in [-0.2, -0.15) is 0 Å². The normalized spacial score (nSPS) is 9.89. The molecule has 7 heteroatoms. The molecule has 1 heterocycles. The Bertz CT molecular complexity index is 625. The van der Waals surface area contributed by atoms with Crippen molar-refractivity contribution in [3.8, 4) is 5.75 Å². The van der Waals surface area contributed by atoms with E-state index >= 15 is 0 Å². The second kappa shape index (κ2) is 5.13. The molecule has 0 aliphatic carbocycles. The fourth-order valence-corrected chi connectivity index (χ4v) is 1.41. The van der Waals surface area contributed by atoms with Crippen molar-refractivity contribution in [1.82, 2.24) is 4.98 Å². The highest BCUT2D eigenvalue weighted by Crippen LogP contribution is 2.21. The molecule has 0 aliphatic heterocycles. The highest BCUT2D eigenvalue weighted by Gasteiger charge is 2.11. The topological polar surface area (TPSA) is 105 Å². The van der Waals surface area contributed by atoms with Crippen LogP contribution in [-0.2, 0) is 0 Å². The first kappa shape index (κ1) is 12.5. The van der Waals surface area contributed by atoms with Gasteiger partial charge in [-0.05, 0) is 12.1 Å². The van der Waals surface area contributed by atoms with Gasteiger partial charge < -0.3 is 10.4 Å². The van der Waals surface area contributed by atoms with Crippen molar-refractivity contribution in [3.63, 3.8) is 0 Å². The molecule has 1 aromatic carbocycles. The van der Waals surface area contributed by atoms with Gasteiger partial charge in [0.15, 0.2) is 0 Å². The van der Waals surface area contributed by atoms with E-state index in [1.165, 1.54) is 42.7 Å². The predicted octanol–water partition coefficient (Wildman–Crippen LogP) is 1.95. The maximum absolute atomic E-state index is 11.8. The first-order valence-electron chi connectivity index (χ1n) is 5.26. The molecule has 0 fully saturated rings. The van der Waals surface area contributed by atoms with Crippen molar-refractivity contribution in [2.45, 2.75) is 0 Å². The number of anilines is 1. The van der Waals surface area contributed by atoms with Gasteiger partial charge in [0.1, 0.15) is 11.4 Å². The van der Waals surface area contributed by atoms with Gasteiger partial charge >= 0.3 is 0 Å². The Hall–Kier alpha value is -2.96. The summed E-state index contributed by atoms with van der Waals surface area (Å²) >= 11 is 0. The monoisotopic (exact) mass is 259 g/mol. The maximum Gasteiger partial charge on any atom is 0.269 e. The summed E-state index contributed by atoms with van der Waals surface area (Å²) in [6.45, 7) is 0. The van der Waals surface area contributed by atoms with Crippen molar-refractivity contribution in [3.05, 3.63) is 58.4 Å². The van der Waals surface area contributed by atoms with Crippen LogP contribution in [0.4, 0.5) is 11.4 Å². The van der Waals surface area contributed by atoms with Crippen LogP contribution in [0.1, 0.15) is 10.4 Å². The van der Waals surface area contributed by atoms with Crippen molar-refractivity contribution >= 4 is 17.3 Å². The third-order valence-corrected chi connectivity index (χ3v) is 2.39. The third kappa shape index (κ3) is 2.83. The van der Waals surface area contributed by atoms with Gasteiger partial charge in [-0.3, -0.25) is 19.9 Å². The molecule has 2 rings (SSSR count). The molecule has 0 saturated carbocycles. The van der Waals surface area contributed by atoms with Gasteiger partial charge in [0.25, 0.3) is 11.6 Å². The number of non-ortho nitro benzene ring substituents is 1.